The van der Waals surface area contributed by atoms with Crippen molar-refractivity contribution < 1.29 is 5.11 Å². The van der Waals surface area contributed by atoms with E-state index in [2.05, 4.69) is 41.0 Å². The molecule has 4 heteroatoms. The molecule has 0 aromatic carbocycles. The topological polar surface area (TPSA) is 50.1 Å². The Morgan fingerprint density at radius 2 is 2.14 bits per heavy atom. The van der Waals surface area contributed by atoms with E-state index in [1.807, 2.05) is 26.1 Å². The normalized spacial score (nSPS) is 12.5. The third-order valence-corrected chi connectivity index (χ3v) is 3.55. The number of aliphatic hydroxyl groups is 1. The predicted octanol–water partition coefficient (Wildman–Crippen LogP) is 2.94. The first kappa shape index (κ1) is 16.0. The van der Waals surface area contributed by atoms with Gasteiger partial charge in [0.25, 0.3) is 0 Å². The van der Waals surface area contributed by atoms with Gasteiger partial charge in [0.1, 0.15) is 5.65 Å². The zero-order chi connectivity index (χ0) is 15.5. The Labute approximate surface area is 127 Å². The number of rotatable bonds is 7. The lowest BCUT2D eigenvalue weighted by Crippen LogP contribution is -2.21. The van der Waals surface area contributed by atoms with Crippen LogP contribution in [-0.4, -0.2) is 26.8 Å². The minimum Gasteiger partial charge on any atom is -0.390 e. The zero-order valence-corrected chi connectivity index (χ0v) is 13.6. The molecule has 0 amide bonds. The predicted molar refractivity (Wildman–Crippen MR) is 87.2 cm³/mol. The van der Waals surface area contributed by atoms with Crippen LogP contribution in [0.1, 0.15) is 39.7 Å². The molecular formula is C17H27N3O. The third-order valence-electron chi connectivity index (χ3n) is 3.55. The van der Waals surface area contributed by atoms with Gasteiger partial charge in [-0.2, -0.15) is 0 Å². The summed E-state index contributed by atoms with van der Waals surface area (Å²) < 4.78 is 2.15. The van der Waals surface area contributed by atoms with Gasteiger partial charge in [0.15, 0.2) is 0 Å². The summed E-state index contributed by atoms with van der Waals surface area (Å²) in [4.78, 5) is 4.50. The van der Waals surface area contributed by atoms with Gasteiger partial charge in [0.05, 0.1) is 5.60 Å². The van der Waals surface area contributed by atoms with Crippen LogP contribution in [0.15, 0.2) is 24.5 Å². The summed E-state index contributed by atoms with van der Waals surface area (Å²) in [5.74, 6) is 0.645. The van der Waals surface area contributed by atoms with Crippen LogP contribution in [-0.2, 0) is 13.1 Å². The van der Waals surface area contributed by atoms with Crippen molar-refractivity contribution in [1.82, 2.24) is 14.9 Å². The maximum Gasteiger partial charge on any atom is 0.140 e. The van der Waals surface area contributed by atoms with Gasteiger partial charge < -0.3 is 15.0 Å². The number of pyridine rings is 1. The molecule has 0 unspecified atom stereocenters. The molecule has 0 atom stereocenters. The summed E-state index contributed by atoms with van der Waals surface area (Å²) in [6.07, 6.45) is 4.71. The molecule has 21 heavy (non-hydrogen) atoms. The summed E-state index contributed by atoms with van der Waals surface area (Å²) >= 11 is 0. The summed E-state index contributed by atoms with van der Waals surface area (Å²) in [5.41, 5.74) is 1.62. The molecule has 0 aliphatic rings. The van der Waals surface area contributed by atoms with Crippen molar-refractivity contribution in [2.45, 2.75) is 52.8 Å². The van der Waals surface area contributed by atoms with Gasteiger partial charge in [0.2, 0.25) is 0 Å². The van der Waals surface area contributed by atoms with Crippen LogP contribution in [0.25, 0.3) is 11.0 Å². The lowest BCUT2D eigenvalue weighted by molar-refractivity contribution is 0.0665. The molecule has 2 aromatic heterocycles. The van der Waals surface area contributed by atoms with Gasteiger partial charge in [-0.1, -0.05) is 13.8 Å². The van der Waals surface area contributed by atoms with Gasteiger partial charge in [-0.3, -0.25) is 0 Å². The Balaban J connectivity index is 2.18. The molecule has 2 aromatic rings. The van der Waals surface area contributed by atoms with Gasteiger partial charge in [-0.25, -0.2) is 4.98 Å². The maximum atomic E-state index is 9.91. The number of nitrogens with one attached hydrogen (secondary N) is 1. The van der Waals surface area contributed by atoms with Crippen LogP contribution in [0.3, 0.4) is 0 Å². The number of nitrogens with zero attached hydrogens (tertiary/aromatic N) is 2. The highest BCUT2D eigenvalue weighted by atomic mass is 16.3. The monoisotopic (exact) mass is 289 g/mol. The first-order valence-electron chi connectivity index (χ1n) is 7.72. The Hall–Kier alpha value is -1.39. The van der Waals surface area contributed by atoms with Gasteiger partial charge in [-0.05, 0) is 50.4 Å². The van der Waals surface area contributed by atoms with Crippen molar-refractivity contribution >= 4 is 11.0 Å². The number of hydrogen-bond donors (Lipinski definition) is 2. The molecule has 116 valence electrons. The SMILES string of the molecule is CC(C)CNCc1cn(CCC(C)(C)O)c2ncccc12. The van der Waals surface area contributed by atoms with Crippen LogP contribution >= 0.6 is 0 Å². The van der Waals surface area contributed by atoms with Gasteiger partial charge in [0, 0.05) is 30.9 Å². The Bertz CT molecular complexity index is 581. The summed E-state index contributed by atoms with van der Waals surface area (Å²) in [6, 6.07) is 4.10. The highest BCUT2D eigenvalue weighted by molar-refractivity contribution is 5.80. The second kappa shape index (κ2) is 6.58. The van der Waals surface area contributed by atoms with Crippen molar-refractivity contribution in [1.29, 1.82) is 0 Å². The fourth-order valence-electron chi connectivity index (χ4n) is 2.40. The van der Waals surface area contributed by atoms with E-state index < -0.39 is 5.60 Å². The lowest BCUT2D eigenvalue weighted by Gasteiger charge is -2.17. The standard InChI is InChI=1S/C17H27N3O/c1-13(2)10-18-11-14-12-20(9-7-17(3,4)21)16-15(14)6-5-8-19-16/h5-6,8,12-13,18,21H,7,9-11H2,1-4H3. The van der Waals surface area contributed by atoms with E-state index in [1.165, 1.54) is 10.9 Å². The number of fused-ring (bicyclic) bond motifs is 1. The number of hydrogen-bond acceptors (Lipinski definition) is 3. The molecule has 0 bridgehead atoms. The van der Waals surface area contributed by atoms with E-state index >= 15 is 0 Å². The van der Waals surface area contributed by atoms with Crippen molar-refractivity contribution in [3.8, 4) is 0 Å². The van der Waals surface area contributed by atoms with Crippen molar-refractivity contribution in [3.63, 3.8) is 0 Å². The first-order valence-corrected chi connectivity index (χ1v) is 7.72. The van der Waals surface area contributed by atoms with Crippen LogP contribution in [0.4, 0.5) is 0 Å². The molecule has 0 saturated carbocycles. The van der Waals surface area contributed by atoms with E-state index in [9.17, 15) is 5.11 Å². The Morgan fingerprint density at radius 3 is 2.81 bits per heavy atom. The molecule has 0 saturated heterocycles. The van der Waals surface area contributed by atoms with Crippen LogP contribution in [0.2, 0.25) is 0 Å². The van der Waals surface area contributed by atoms with E-state index in [-0.39, 0.29) is 0 Å². The summed E-state index contributed by atoms with van der Waals surface area (Å²) in [6.45, 7) is 10.8. The van der Waals surface area contributed by atoms with E-state index in [1.54, 1.807) is 0 Å². The molecule has 0 fully saturated rings. The minimum absolute atomic E-state index is 0.645. The van der Waals surface area contributed by atoms with Gasteiger partial charge >= 0.3 is 0 Å². The van der Waals surface area contributed by atoms with Crippen LogP contribution in [0, 0.1) is 5.92 Å². The molecule has 2 N–H and O–H groups in total. The van der Waals surface area contributed by atoms with Gasteiger partial charge in [-0.15, -0.1) is 0 Å². The van der Waals surface area contributed by atoms with Crippen molar-refractivity contribution in [3.05, 3.63) is 30.1 Å². The molecule has 0 spiro atoms. The summed E-state index contributed by atoms with van der Waals surface area (Å²) in [7, 11) is 0. The largest absolute Gasteiger partial charge is 0.390 e. The van der Waals surface area contributed by atoms with Crippen LogP contribution in [0.5, 0.6) is 0 Å². The Morgan fingerprint density at radius 1 is 1.38 bits per heavy atom. The molecular weight excluding hydrogens is 262 g/mol. The minimum atomic E-state index is -0.651. The molecule has 4 nitrogen and oxygen atoms in total. The fraction of sp³-hybridized carbons (Fsp3) is 0.588. The second-order valence-electron chi connectivity index (χ2n) is 6.81. The molecule has 2 rings (SSSR count). The molecule has 0 aliphatic carbocycles. The fourth-order valence-corrected chi connectivity index (χ4v) is 2.40. The van der Waals surface area contributed by atoms with E-state index in [0.717, 1.165) is 25.3 Å². The number of aromatic nitrogens is 2. The average Bonchev–Trinajstić information content (AvgIpc) is 2.74. The average molecular weight is 289 g/mol. The second-order valence-corrected chi connectivity index (χ2v) is 6.81. The first-order chi connectivity index (χ1) is 9.87. The molecule has 0 radical (unpaired) electrons. The van der Waals surface area contributed by atoms with Crippen molar-refractivity contribution in [2.24, 2.45) is 5.92 Å². The smallest absolute Gasteiger partial charge is 0.140 e. The van der Waals surface area contributed by atoms with Crippen LogP contribution < -0.4 is 5.32 Å². The number of aryl methyl sites for hydroxylation is 1. The maximum absolute atomic E-state index is 9.91. The Kier molecular flexibility index (Phi) is 5.01. The summed E-state index contributed by atoms with van der Waals surface area (Å²) in [5, 5.41) is 14.6. The highest BCUT2D eigenvalue weighted by Gasteiger charge is 2.15. The highest BCUT2D eigenvalue weighted by Crippen LogP contribution is 2.21. The van der Waals surface area contributed by atoms with E-state index in [4.69, 9.17) is 0 Å². The third kappa shape index (κ3) is 4.55. The van der Waals surface area contributed by atoms with E-state index in [0.29, 0.717) is 12.3 Å². The van der Waals surface area contributed by atoms with Crippen molar-refractivity contribution in [2.75, 3.05) is 6.54 Å². The quantitative estimate of drug-likeness (QED) is 0.824. The molecule has 2 heterocycles. The molecule has 0 aliphatic heterocycles. The zero-order valence-electron chi connectivity index (χ0n) is 13.6. The lowest BCUT2D eigenvalue weighted by atomic mass is 10.1.